The van der Waals surface area contributed by atoms with Crippen LogP contribution >= 0.6 is 11.6 Å². The Hall–Kier alpha value is -3.98. The summed E-state index contributed by atoms with van der Waals surface area (Å²) < 4.78 is 27.8. The summed E-state index contributed by atoms with van der Waals surface area (Å²) in [4.78, 5) is 29.6. The van der Waals surface area contributed by atoms with Gasteiger partial charge in [-0.2, -0.15) is 0 Å². The molecule has 0 aliphatic heterocycles. The second-order valence-corrected chi connectivity index (χ2v) is 13.2. The van der Waals surface area contributed by atoms with Gasteiger partial charge in [-0.15, -0.1) is 0 Å². The van der Waals surface area contributed by atoms with Crippen LogP contribution in [0.25, 0.3) is 0 Å². The molecule has 0 heterocycles. The van der Waals surface area contributed by atoms with Crippen molar-refractivity contribution in [3.8, 4) is 0 Å². The summed E-state index contributed by atoms with van der Waals surface area (Å²) in [7, 11) is -3.55. The van der Waals surface area contributed by atoms with Gasteiger partial charge in [0.1, 0.15) is 6.04 Å². The average molecular weight is 630 g/mol. The smallest absolute Gasteiger partial charge is 0.247 e. The third-order valence-electron chi connectivity index (χ3n) is 7.58. The Labute approximate surface area is 264 Å². The van der Waals surface area contributed by atoms with Crippen LogP contribution in [0.1, 0.15) is 47.6 Å². The molecule has 7 nitrogen and oxygen atoms in total. The van der Waals surface area contributed by atoms with Crippen molar-refractivity contribution in [3.05, 3.63) is 136 Å². The number of nitrogens with zero attached hydrogens (tertiary/aromatic N) is 1. The van der Waals surface area contributed by atoms with E-state index in [4.69, 9.17) is 11.6 Å². The van der Waals surface area contributed by atoms with E-state index in [0.717, 1.165) is 29.5 Å². The van der Waals surface area contributed by atoms with E-state index in [2.05, 4.69) is 10.0 Å². The molecule has 2 amide bonds. The summed E-state index contributed by atoms with van der Waals surface area (Å²) in [6.07, 6.45) is 2.92. The number of hydrogen-bond acceptors (Lipinski definition) is 4. The first-order valence-electron chi connectivity index (χ1n) is 14.8. The van der Waals surface area contributed by atoms with E-state index in [0.29, 0.717) is 30.0 Å². The summed E-state index contributed by atoms with van der Waals surface area (Å²) in [5.74, 6) is -0.453. The highest BCUT2D eigenvalue weighted by Crippen LogP contribution is 2.26. The van der Waals surface area contributed by atoms with Crippen molar-refractivity contribution in [3.63, 3.8) is 0 Å². The van der Waals surface area contributed by atoms with E-state index in [1.54, 1.807) is 41.3 Å². The predicted molar refractivity (Wildman–Crippen MR) is 172 cm³/mol. The number of hydrogen-bond donors (Lipinski definition) is 2. The fraction of sp³-hybridized carbons (Fsp3) is 0.257. The third kappa shape index (κ3) is 8.78. The molecule has 0 unspecified atom stereocenters. The van der Waals surface area contributed by atoms with Crippen LogP contribution in [-0.2, 0) is 39.0 Å². The third-order valence-corrected chi connectivity index (χ3v) is 9.37. The molecule has 4 aromatic rings. The second-order valence-electron chi connectivity index (χ2n) is 11.0. The van der Waals surface area contributed by atoms with E-state index >= 15 is 0 Å². The summed E-state index contributed by atoms with van der Waals surface area (Å²) >= 11 is 6.13. The highest BCUT2D eigenvalue weighted by atomic mass is 35.5. The van der Waals surface area contributed by atoms with E-state index in [1.165, 1.54) is 0 Å². The topological polar surface area (TPSA) is 95.6 Å². The summed E-state index contributed by atoms with van der Waals surface area (Å²) in [6, 6.07) is 32.3. The van der Waals surface area contributed by atoms with Gasteiger partial charge in [0.05, 0.1) is 4.90 Å². The zero-order chi connectivity index (χ0) is 30.9. The number of sulfonamides is 1. The van der Waals surface area contributed by atoms with Crippen LogP contribution < -0.4 is 10.0 Å². The van der Waals surface area contributed by atoms with Gasteiger partial charge in [0.2, 0.25) is 21.8 Å². The molecule has 9 heteroatoms. The van der Waals surface area contributed by atoms with E-state index in [9.17, 15) is 18.0 Å². The predicted octanol–water partition coefficient (Wildman–Crippen LogP) is 5.84. The summed E-state index contributed by atoms with van der Waals surface area (Å²) in [5, 5.41) is 3.64. The lowest BCUT2D eigenvalue weighted by molar-refractivity contribution is -0.141. The van der Waals surface area contributed by atoms with Gasteiger partial charge in [-0.05, 0) is 72.2 Å². The fourth-order valence-electron chi connectivity index (χ4n) is 5.01. The molecule has 228 valence electrons. The maximum atomic E-state index is 14.0. The van der Waals surface area contributed by atoms with Crippen LogP contribution in [0.2, 0.25) is 5.02 Å². The first-order chi connectivity index (χ1) is 21.3. The largest absolute Gasteiger partial charge is 0.354 e. The molecular formula is C35H36ClN3O4S. The van der Waals surface area contributed by atoms with Gasteiger partial charge in [-0.1, -0.05) is 96.5 Å². The van der Waals surface area contributed by atoms with Crippen molar-refractivity contribution in [1.82, 2.24) is 14.9 Å². The number of aryl methyl sites for hydroxylation is 1. The normalized spacial score (nSPS) is 13.7. The Kier molecular flexibility index (Phi) is 10.5. The lowest BCUT2D eigenvalue weighted by Crippen LogP contribution is -2.44. The van der Waals surface area contributed by atoms with Gasteiger partial charge in [0, 0.05) is 30.6 Å². The zero-order valence-electron chi connectivity index (χ0n) is 24.4. The van der Waals surface area contributed by atoms with Crippen molar-refractivity contribution in [2.24, 2.45) is 0 Å². The maximum absolute atomic E-state index is 14.0. The van der Waals surface area contributed by atoms with Gasteiger partial charge in [0.15, 0.2) is 0 Å². The van der Waals surface area contributed by atoms with Crippen LogP contribution in [0.4, 0.5) is 0 Å². The number of amides is 2. The molecule has 0 saturated heterocycles. The Morgan fingerprint density at radius 1 is 0.773 bits per heavy atom. The van der Waals surface area contributed by atoms with Crippen LogP contribution in [-0.4, -0.2) is 37.7 Å². The molecule has 1 atom stereocenters. The summed E-state index contributed by atoms with van der Waals surface area (Å²) in [6.45, 7) is 0.645. The first kappa shape index (κ1) is 31.4. The molecule has 0 aromatic heterocycles. The van der Waals surface area contributed by atoms with Gasteiger partial charge in [0.25, 0.3) is 0 Å². The Morgan fingerprint density at radius 3 is 2.00 bits per heavy atom. The van der Waals surface area contributed by atoms with Crippen molar-refractivity contribution in [2.75, 3.05) is 6.54 Å². The molecule has 5 rings (SSSR count). The number of rotatable bonds is 14. The summed E-state index contributed by atoms with van der Waals surface area (Å²) in [5.41, 5.74) is 3.50. The van der Waals surface area contributed by atoms with E-state index in [1.807, 2.05) is 72.8 Å². The minimum absolute atomic E-state index is 0.0250. The fourth-order valence-corrected chi connectivity index (χ4v) is 6.44. The minimum Gasteiger partial charge on any atom is -0.354 e. The van der Waals surface area contributed by atoms with Gasteiger partial charge >= 0.3 is 0 Å². The van der Waals surface area contributed by atoms with Crippen LogP contribution in [0.15, 0.2) is 114 Å². The minimum atomic E-state index is -3.55. The molecule has 1 saturated carbocycles. The molecule has 1 fully saturated rings. The molecule has 0 bridgehead atoms. The number of benzene rings is 4. The van der Waals surface area contributed by atoms with Crippen LogP contribution in [0, 0.1) is 0 Å². The zero-order valence-corrected chi connectivity index (χ0v) is 25.9. The molecule has 44 heavy (non-hydrogen) atoms. The van der Waals surface area contributed by atoms with Crippen LogP contribution in [0.3, 0.4) is 0 Å². The van der Waals surface area contributed by atoms with Gasteiger partial charge < -0.3 is 10.2 Å². The first-order valence-corrected chi connectivity index (χ1v) is 16.7. The van der Waals surface area contributed by atoms with Gasteiger partial charge in [-0.25, -0.2) is 13.1 Å². The Morgan fingerprint density at radius 2 is 1.36 bits per heavy atom. The number of carbonyl (C=O) groups excluding carboxylic acids is 2. The molecular weight excluding hydrogens is 594 g/mol. The van der Waals surface area contributed by atoms with Crippen molar-refractivity contribution >= 4 is 33.4 Å². The van der Waals surface area contributed by atoms with Crippen molar-refractivity contribution in [2.45, 2.75) is 55.6 Å². The van der Waals surface area contributed by atoms with Crippen molar-refractivity contribution < 1.29 is 18.0 Å². The molecule has 4 aromatic carbocycles. The average Bonchev–Trinajstić information content (AvgIpc) is 3.85. The molecule has 2 N–H and O–H groups in total. The SMILES string of the molecule is O=C(NCCc1ccccc1)[C@H](c1ccccc1)N(Cc1ccc(Cl)cc1)C(=O)CCc1ccc(S(=O)(=O)NC2CC2)cc1. The quantitative estimate of drug-likeness (QED) is 0.183. The maximum Gasteiger partial charge on any atom is 0.247 e. The molecule has 0 radical (unpaired) electrons. The van der Waals surface area contributed by atoms with Gasteiger partial charge in [-0.3, -0.25) is 9.59 Å². The lowest BCUT2D eigenvalue weighted by atomic mass is 10.0. The number of halogens is 1. The highest BCUT2D eigenvalue weighted by Gasteiger charge is 2.31. The monoisotopic (exact) mass is 629 g/mol. The van der Waals surface area contributed by atoms with Crippen LogP contribution in [0.5, 0.6) is 0 Å². The van der Waals surface area contributed by atoms with E-state index < -0.39 is 16.1 Å². The molecule has 1 aliphatic carbocycles. The lowest BCUT2D eigenvalue weighted by Gasteiger charge is -2.32. The van der Waals surface area contributed by atoms with E-state index in [-0.39, 0.29) is 35.7 Å². The number of nitrogens with one attached hydrogen (secondary N) is 2. The second kappa shape index (κ2) is 14.7. The standard InChI is InChI=1S/C35H36ClN3O4S/c36-30-16-11-28(12-17-30)25-39(33(40)22-15-27-13-20-32(21-14-27)44(42,43)38-31-18-19-31)34(29-9-5-2-6-10-29)35(41)37-24-23-26-7-3-1-4-8-26/h1-14,16-17,20-21,31,34,38H,15,18-19,22-25H2,(H,37,41)/t34-/m0/s1. The Bertz CT molecular complexity index is 1640. The van der Waals surface area contributed by atoms with Crippen molar-refractivity contribution in [1.29, 1.82) is 0 Å². The molecule has 1 aliphatic rings. The Balaban J connectivity index is 1.34. The number of carbonyl (C=O) groups is 2. The highest BCUT2D eigenvalue weighted by molar-refractivity contribution is 7.89. The molecule has 0 spiro atoms.